The molecule has 0 amide bonds. The van der Waals surface area contributed by atoms with E-state index in [4.69, 9.17) is 18.0 Å². The SMILES string of the molecule is NC(=S)c1ccccc1S(=O)(=O)NC1CCCCCC1O. The molecular weight excluding hydrogens is 308 g/mol. The van der Waals surface area contributed by atoms with Gasteiger partial charge in [0.2, 0.25) is 10.0 Å². The summed E-state index contributed by atoms with van der Waals surface area (Å²) in [6.07, 6.45) is 3.43. The summed E-state index contributed by atoms with van der Waals surface area (Å²) in [6.45, 7) is 0. The maximum atomic E-state index is 12.5. The Bertz CT molecular complexity index is 616. The second-order valence-corrected chi connectivity index (χ2v) is 7.42. The third-order valence-corrected chi connectivity index (χ3v) is 5.50. The van der Waals surface area contributed by atoms with Gasteiger partial charge in [0, 0.05) is 11.6 Å². The van der Waals surface area contributed by atoms with E-state index in [1.54, 1.807) is 18.2 Å². The van der Waals surface area contributed by atoms with Crippen LogP contribution in [-0.4, -0.2) is 30.7 Å². The number of hydrogen-bond donors (Lipinski definition) is 3. The van der Waals surface area contributed by atoms with E-state index in [0.29, 0.717) is 18.4 Å². The van der Waals surface area contributed by atoms with Crippen LogP contribution in [0.4, 0.5) is 0 Å². The van der Waals surface area contributed by atoms with Gasteiger partial charge in [0.1, 0.15) is 4.99 Å². The molecular formula is C14H20N2O3S2. The highest BCUT2D eigenvalue weighted by Gasteiger charge is 2.28. The zero-order valence-electron chi connectivity index (χ0n) is 11.7. The lowest BCUT2D eigenvalue weighted by Gasteiger charge is -2.22. The van der Waals surface area contributed by atoms with Gasteiger partial charge in [-0.2, -0.15) is 0 Å². The fraction of sp³-hybridized carbons (Fsp3) is 0.500. The van der Waals surface area contributed by atoms with E-state index in [9.17, 15) is 13.5 Å². The molecule has 0 bridgehead atoms. The van der Waals surface area contributed by atoms with Gasteiger partial charge in [-0.25, -0.2) is 13.1 Å². The molecule has 1 saturated carbocycles. The summed E-state index contributed by atoms with van der Waals surface area (Å²) in [4.78, 5) is 0.103. The molecule has 2 rings (SSSR count). The molecule has 4 N–H and O–H groups in total. The van der Waals surface area contributed by atoms with Crippen molar-refractivity contribution in [1.82, 2.24) is 4.72 Å². The normalized spacial score (nSPS) is 23.5. The lowest BCUT2D eigenvalue weighted by atomic mass is 10.1. The van der Waals surface area contributed by atoms with E-state index < -0.39 is 22.2 Å². The fourth-order valence-corrected chi connectivity index (χ4v) is 4.36. The minimum atomic E-state index is -3.76. The van der Waals surface area contributed by atoms with Gasteiger partial charge in [0.05, 0.1) is 11.0 Å². The van der Waals surface area contributed by atoms with Crippen LogP contribution in [0.1, 0.15) is 37.7 Å². The Morgan fingerprint density at radius 3 is 2.62 bits per heavy atom. The summed E-state index contributed by atoms with van der Waals surface area (Å²) in [5.74, 6) is 0. The van der Waals surface area contributed by atoms with Crippen LogP contribution in [-0.2, 0) is 10.0 Å². The average molecular weight is 328 g/mol. The molecule has 0 saturated heterocycles. The second-order valence-electron chi connectivity index (χ2n) is 5.29. The molecule has 1 fully saturated rings. The first-order valence-corrected chi connectivity index (χ1v) is 8.90. The van der Waals surface area contributed by atoms with Crippen LogP contribution in [0.5, 0.6) is 0 Å². The third kappa shape index (κ3) is 4.00. The van der Waals surface area contributed by atoms with Crippen LogP contribution in [0.3, 0.4) is 0 Å². The first kappa shape index (κ1) is 16.4. The number of rotatable bonds is 4. The third-order valence-electron chi connectivity index (χ3n) is 3.73. The molecule has 0 radical (unpaired) electrons. The molecule has 1 aliphatic rings. The lowest BCUT2D eigenvalue weighted by Crippen LogP contribution is -2.43. The van der Waals surface area contributed by atoms with Crippen molar-refractivity contribution in [2.24, 2.45) is 5.73 Å². The maximum Gasteiger partial charge on any atom is 0.241 e. The Balaban J connectivity index is 2.28. The lowest BCUT2D eigenvalue weighted by molar-refractivity contribution is 0.130. The first-order chi connectivity index (χ1) is 9.92. The van der Waals surface area contributed by atoms with Crippen LogP contribution in [0.25, 0.3) is 0 Å². The van der Waals surface area contributed by atoms with E-state index in [-0.39, 0.29) is 9.88 Å². The summed E-state index contributed by atoms with van der Waals surface area (Å²) in [7, 11) is -3.76. The predicted molar refractivity (Wildman–Crippen MR) is 85.5 cm³/mol. The monoisotopic (exact) mass is 328 g/mol. The van der Waals surface area contributed by atoms with Crippen molar-refractivity contribution in [3.05, 3.63) is 29.8 Å². The van der Waals surface area contributed by atoms with Crippen molar-refractivity contribution in [3.8, 4) is 0 Å². The highest BCUT2D eigenvalue weighted by Crippen LogP contribution is 2.21. The number of sulfonamides is 1. The molecule has 0 heterocycles. The molecule has 2 unspecified atom stereocenters. The molecule has 116 valence electrons. The number of nitrogens with one attached hydrogen (secondary N) is 1. The molecule has 0 aromatic heterocycles. The van der Waals surface area contributed by atoms with E-state index in [0.717, 1.165) is 19.3 Å². The van der Waals surface area contributed by atoms with Crippen LogP contribution >= 0.6 is 12.2 Å². The standard InChI is InChI=1S/C14H20N2O3S2/c15-14(20)10-6-4-5-9-13(10)21(18,19)16-11-7-2-1-3-8-12(11)17/h4-6,9,11-12,16-17H,1-3,7-8H2,(H2,15,20). The van der Waals surface area contributed by atoms with E-state index in [1.807, 2.05) is 0 Å². The number of thiocarbonyl (C=S) groups is 1. The van der Waals surface area contributed by atoms with E-state index >= 15 is 0 Å². The van der Waals surface area contributed by atoms with E-state index in [2.05, 4.69) is 4.72 Å². The van der Waals surface area contributed by atoms with Crippen LogP contribution in [0, 0.1) is 0 Å². The quantitative estimate of drug-likeness (QED) is 0.572. The van der Waals surface area contributed by atoms with Crippen molar-refractivity contribution in [2.75, 3.05) is 0 Å². The molecule has 2 atom stereocenters. The molecule has 1 aromatic rings. The number of aliphatic hydroxyl groups excluding tert-OH is 1. The largest absolute Gasteiger partial charge is 0.391 e. The van der Waals surface area contributed by atoms with Crippen molar-refractivity contribution in [2.45, 2.75) is 49.1 Å². The number of nitrogens with two attached hydrogens (primary N) is 1. The zero-order valence-corrected chi connectivity index (χ0v) is 13.3. The molecule has 5 nitrogen and oxygen atoms in total. The van der Waals surface area contributed by atoms with Crippen LogP contribution in [0.15, 0.2) is 29.2 Å². The summed E-state index contributed by atoms with van der Waals surface area (Å²) >= 11 is 4.90. The highest BCUT2D eigenvalue weighted by molar-refractivity contribution is 7.89. The molecule has 0 aliphatic heterocycles. The average Bonchev–Trinajstić information content (AvgIpc) is 2.64. The van der Waals surface area contributed by atoms with Gasteiger partial charge in [0.25, 0.3) is 0 Å². The number of benzene rings is 1. The smallest absolute Gasteiger partial charge is 0.241 e. The van der Waals surface area contributed by atoms with Gasteiger partial charge in [-0.3, -0.25) is 0 Å². The van der Waals surface area contributed by atoms with Crippen LogP contribution < -0.4 is 10.5 Å². The Hall–Kier alpha value is -1.02. The zero-order chi connectivity index (χ0) is 15.5. The van der Waals surface area contributed by atoms with Gasteiger partial charge in [-0.15, -0.1) is 0 Å². The molecule has 1 aromatic carbocycles. The van der Waals surface area contributed by atoms with Crippen molar-refractivity contribution in [1.29, 1.82) is 0 Å². The Labute approximate surface area is 130 Å². The van der Waals surface area contributed by atoms with Gasteiger partial charge in [-0.1, -0.05) is 49.7 Å². The minimum absolute atomic E-state index is 0.0392. The molecule has 21 heavy (non-hydrogen) atoms. The topological polar surface area (TPSA) is 92.4 Å². The molecule has 0 spiro atoms. The minimum Gasteiger partial charge on any atom is -0.391 e. The Morgan fingerprint density at radius 1 is 1.24 bits per heavy atom. The van der Waals surface area contributed by atoms with Gasteiger partial charge < -0.3 is 10.8 Å². The highest BCUT2D eigenvalue weighted by atomic mass is 32.2. The predicted octanol–water partition coefficient (Wildman–Crippen LogP) is 1.29. The van der Waals surface area contributed by atoms with Gasteiger partial charge in [0.15, 0.2) is 0 Å². The Morgan fingerprint density at radius 2 is 1.90 bits per heavy atom. The fourth-order valence-electron chi connectivity index (χ4n) is 2.59. The maximum absolute atomic E-state index is 12.5. The van der Waals surface area contributed by atoms with Gasteiger partial charge in [-0.05, 0) is 18.9 Å². The number of aliphatic hydroxyl groups is 1. The van der Waals surface area contributed by atoms with Crippen molar-refractivity contribution in [3.63, 3.8) is 0 Å². The summed E-state index contributed by atoms with van der Waals surface area (Å²) in [5.41, 5.74) is 5.91. The first-order valence-electron chi connectivity index (χ1n) is 7.01. The number of hydrogen-bond acceptors (Lipinski definition) is 4. The van der Waals surface area contributed by atoms with E-state index in [1.165, 1.54) is 6.07 Å². The second kappa shape index (κ2) is 6.83. The van der Waals surface area contributed by atoms with Gasteiger partial charge >= 0.3 is 0 Å². The summed E-state index contributed by atoms with van der Waals surface area (Å²) in [6, 6.07) is 5.91. The summed E-state index contributed by atoms with van der Waals surface area (Å²) in [5, 5.41) is 10.1. The summed E-state index contributed by atoms with van der Waals surface area (Å²) < 4.78 is 27.7. The Kier molecular flexibility index (Phi) is 5.32. The molecule has 1 aliphatic carbocycles. The van der Waals surface area contributed by atoms with Crippen LogP contribution in [0.2, 0.25) is 0 Å². The van der Waals surface area contributed by atoms with Crippen molar-refractivity contribution < 1.29 is 13.5 Å². The van der Waals surface area contributed by atoms with Crippen molar-refractivity contribution >= 4 is 27.2 Å². The molecule has 7 heteroatoms.